The summed E-state index contributed by atoms with van der Waals surface area (Å²) >= 11 is 1.25. The molecule has 2 N–H and O–H groups in total. The van der Waals surface area contributed by atoms with E-state index in [0.717, 1.165) is 6.92 Å². The largest absolute Gasteiger partial charge is 0.354 e. The summed E-state index contributed by atoms with van der Waals surface area (Å²) in [6.45, 7) is 0.808. The number of carbonyl (C=O) groups excluding carboxylic acids is 1. The molecule has 6 nitrogen and oxygen atoms in total. The molecule has 1 amide bonds. The van der Waals surface area contributed by atoms with Crippen LogP contribution in [-0.2, 0) is 5.92 Å². The number of hydrogen-bond acceptors (Lipinski definition) is 5. The van der Waals surface area contributed by atoms with Gasteiger partial charge in [-0.1, -0.05) is 18.2 Å². The number of rotatable bonds is 4. The Morgan fingerprint density at radius 3 is 2.79 bits per heavy atom. The first-order chi connectivity index (χ1) is 13.8. The molecule has 9 heteroatoms. The van der Waals surface area contributed by atoms with Gasteiger partial charge in [-0.25, -0.2) is 13.8 Å². The van der Waals surface area contributed by atoms with E-state index in [1.165, 1.54) is 48.0 Å². The van der Waals surface area contributed by atoms with E-state index in [4.69, 9.17) is 0 Å². The third-order valence-corrected chi connectivity index (χ3v) is 5.01. The van der Waals surface area contributed by atoms with Gasteiger partial charge in [0.05, 0.1) is 16.5 Å². The number of hydrogen-bond donors (Lipinski definition) is 2. The number of nitrogens with zero attached hydrogens (tertiary/aromatic N) is 2. The van der Waals surface area contributed by atoms with Crippen LogP contribution in [0.15, 0.2) is 59.1 Å². The van der Waals surface area contributed by atoms with Crippen LogP contribution in [0.3, 0.4) is 0 Å². The van der Waals surface area contributed by atoms with Crippen molar-refractivity contribution in [1.82, 2.24) is 15.0 Å². The number of halogens is 2. The van der Waals surface area contributed by atoms with E-state index in [1.807, 2.05) is 0 Å². The quantitative estimate of drug-likeness (QED) is 0.520. The van der Waals surface area contributed by atoms with Gasteiger partial charge >= 0.3 is 0 Å². The van der Waals surface area contributed by atoms with Crippen LogP contribution in [-0.4, -0.2) is 20.9 Å². The summed E-state index contributed by atoms with van der Waals surface area (Å²) in [6, 6.07) is 7.04. The lowest BCUT2D eigenvalue weighted by Crippen LogP contribution is -2.15. The molecule has 0 fully saturated rings. The summed E-state index contributed by atoms with van der Waals surface area (Å²) in [7, 11) is 0. The Hall–Kier alpha value is -3.46. The molecule has 0 saturated heterocycles. The molecule has 3 heterocycles. The standard InChI is InChI=1S/C20H14F2N4O2S/c1-20(21,22)12-4-2-3-11(7-12)15-8-16(27)13-9-23-10-14(17(13)25-15)18(28)26-19-24-5-6-29-19/h2-10H,1H3,(H,25,27)(H,24,26,28). The average Bonchev–Trinajstić information content (AvgIpc) is 3.20. The number of alkyl halides is 2. The predicted octanol–water partition coefficient (Wildman–Crippen LogP) is 4.41. The molecule has 1 aromatic carbocycles. The molecule has 0 bridgehead atoms. The van der Waals surface area contributed by atoms with Gasteiger partial charge in [0.25, 0.3) is 11.8 Å². The third-order valence-electron chi connectivity index (χ3n) is 4.32. The highest BCUT2D eigenvalue weighted by atomic mass is 32.1. The minimum absolute atomic E-state index is 0.147. The van der Waals surface area contributed by atoms with Crippen molar-refractivity contribution in [3.05, 3.63) is 75.7 Å². The molecule has 4 aromatic rings. The topological polar surface area (TPSA) is 87.7 Å². The fraction of sp³-hybridized carbons (Fsp3) is 0.100. The fourth-order valence-corrected chi connectivity index (χ4v) is 3.42. The van der Waals surface area contributed by atoms with Crippen LogP contribution in [0.5, 0.6) is 0 Å². The van der Waals surface area contributed by atoms with Gasteiger partial charge in [-0.2, -0.15) is 0 Å². The van der Waals surface area contributed by atoms with Crippen molar-refractivity contribution >= 4 is 33.3 Å². The summed E-state index contributed by atoms with van der Waals surface area (Å²) in [4.78, 5) is 36.3. The molecule has 0 aliphatic heterocycles. The lowest BCUT2D eigenvalue weighted by molar-refractivity contribution is 0.0175. The van der Waals surface area contributed by atoms with Crippen molar-refractivity contribution in [3.63, 3.8) is 0 Å². The molecule has 146 valence electrons. The molecule has 0 aliphatic rings. The first kappa shape index (κ1) is 18.9. The molecule has 0 spiro atoms. The van der Waals surface area contributed by atoms with Crippen LogP contribution in [0.2, 0.25) is 0 Å². The molecule has 0 radical (unpaired) electrons. The van der Waals surface area contributed by atoms with Crippen LogP contribution in [0, 0.1) is 0 Å². The maximum Gasteiger partial charge on any atom is 0.270 e. The van der Waals surface area contributed by atoms with Crippen molar-refractivity contribution < 1.29 is 13.6 Å². The zero-order valence-corrected chi connectivity index (χ0v) is 15.9. The molecular weight excluding hydrogens is 398 g/mol. The molecular formula is C20H14F2N4O2S. The lowest BCUT2D eigenvalue weighted by Gasteiger charge is -2.13. The number of aromatic nitrogens is 3. The Labute approximate surface area is 167 Å². The van der Waals surface area contributed by atoms with Gasteiger partial charge in [-0.3, -0.25) is 19.9 Å². The number of H-pyrrole nitrogens is 1. The molecule has 3 aromatic heterocycles. The second kappa shape index (κ2) is 7.17. The van der Waals surface area contributed by atoms with Gasteiger partial charge in [0.2, 0.25) is 0 Å². The summed E-state index contributed by atoms with van der Waals surface area (Å²) in [6.07, 6.45) is 4.24. The smallest absolute Gasteiger partial charge is 0.270 e. The number of aromatic amines is 1. The SMILES string of the molecule is CC(F)(F)c1cccc(-c2cc(=O)c3cncc(C(=O)Nc4nccs4)c3[nH]2)c1. The predicted molar refractivity (Wildman–Crippen MR) is 107 cm³/mol. The normalized spacial score (nSPS) is 11.6. The van der Waals surface area contributed by atoms with Crippen LogP contribution in [0.25, 0.3) is 22.2 Å². The molecule has 0 unspecified atom stereocenters. The van der Waals surface area contributed by atoms with E-state index >= 15 is 0 Å². The minimum atomic E-state index is -3.02. The number of carbonyl (C=O) groups is 1. The van der Waals surface area contributed by atoms with Gasteiger partial charge < -0.3 is 4.98 Å². The van der Waals surface area contributed by atoms with Gasteiger partial charge in [-0.15, -0.1) is 11.3 Å². The van der Waals surface area contributed by atoms with Crippen molar-refractivity contribution in [3.8, 4) is 11.3 Å². The van der Waals surface area contributed by atoms with E-state index in [2.05, 4.69) is 20.3 Å². The summed E-state index contributed by atoms with van der Waals surface area (Å²) in [5, 5.41) is 4.99. The maximum absolute atomic E-state index is 13.7. The van der Waals surface area contributed by atoms with Gasteiger partial charge in [0.15, 0.2) is 10.6 Å². The first-order valence-electron chi connectivity index (χ1n) is 8.53. The second-order valence-corrected chi connectivity index (χ2v) is 7.31. The number of anilines is 1. The van der Waals surface area contributed by atoms with Gasteiger partial charge in [-0.05, 0) is 11.6 Å². The number of benzene rings is 1. The molecule has 4 rings (SSSR count). The summed E-state index contributed by atoms with van der Waals surface area (Å²) in [5.41, 5.74) is 0.597. The molecule has 0 aliphatic carbocycles. The van der Waals surface area contributed by atoms with E-state index in [1.54, 1.807) is 17.6 Å². The number of amides is 1. The van der Waals surface area contributed by atoms with Gasteiger partial charge in [0.1, 0.15) is 0 Å². The minimum Gasteiger partial charge on any atom is -0.354 e. The lowest BCUT2D eigenvalue weighted by atomic mass is 10.0. The fourth-order valence-electron chi connectivity index (χ4n) is 2.90. The molecule has 0 atom stereocenters. The Kier molecular flexibility index (Phi) is 4.67. The number of pyridine rings is 2. The maximum atomic E-state index is 13.7. The van der Waals surface area contributed by atoms with Crippen LogP contribution >= 0.6 is 11.3 Å². The zero-order chi connectivity index (χ0) is 20.6. The first-order valence-corrected chi connectivity index (χ1v) is 9.41. The number of fused-ring (bicyclic) bond motifs is 1. The summed E-state index contributed by atoms with van der Waals surface area (Å²) in [5.74, 6) is -3.50. The van der Waals surface area contributed by atoms with Crippen molar-refractivity contribution in [2.24, 2.45) is 0 Å². The Bertz CT molecular complexity index is 1260. The van der Waals surface area contributed by atoms with Crippen molar-refractivity contribution in [2.45, 2.75) is 12.8 Å². The van der Waals surface area contributed by atoms with E-state index in [-0.39, 0.29) is 27.5 Å². The average molecular weight is 412 g/mol. The Morgan fingerprint density at radius 2 is 2.07 bits per heavy atom. The van der Waals surface area contributed by atoms with E-state index in [0.29, 0.717) is 16.4 Å². The zero-order valence-electron chi connectivity index (χ0n) is 15.1. The molecule has 0 saturated carbocycles. The highest BCUT2D eigenvalue weighted by Gasteiger charge is 2.24. The number of thiazole rings is 1. The van der Waals surface area contributed by atoms with Crippen LogP contribution < -0.4 is 10.7 Å². The van der Waals surface area contributed by atoms with Crippen LogP contribution in [0.1, 0.15) is 22.8 Å². The Morgan fingerprint density at radius 1 is 1.24 bits per heavy atom. The van der Waals surface area contributed by atoms with Crippen molar-refractivity contribution in [2.75, 3.05) is 5.32 Å². The van der Waals surface area contributed by atoms with Gasteiger partial charge in [0, 0.05) is 48.2 Å². The van der Waals surface area contributed by atoms with E-state index < -0.39 is 11.8 Å². The third kappa shape index (κ3) is 3.77. The second-order valence-electron chi connectivity index (χ2n) is 6.42. The highest BCUT2D eigenvalue weighted by molar-refractivity contribution is 7.13. The molecule has 29 heavy (non-hydrogen) atoms. The van der Waals surface area contributed by atoms with Crippen molar-refractivity contribution in [1.29, 1.82) is 0 Å². The monoisotopic (exact) mass is 412 g/mol. The summed E-state index contributed by atoms with van der Waals surface area (Å²) < 4.78 is 27.4. The highest BCUT2D eigenvalue weighted by Crippen LogP contribution is 2.30. The Balaban J connectivity index is 1.84. The van der Waals surface area contributed by atoms with Crippen LogP contribution in [0.4, 0.5) is 13.9 Å². The number of nitrogens with one attached hydrogen (secondary N) is 2. The van der Waals surface area contributed by atoms with E-state index in [9.17, 15) is 18.4 Å².